The molecule has 1 heterocycles. The van der Waals surface area contributed by atoms with Gasteiger partial charge in [0.25, 0.3) is 5.91 Å². The van der Waals surface area contributed by atoms with Gasteiger partial charge >= 0.3 is 0 Å². The Balaban J connectivity index is 1.59. The van der Waals surface area contributed by atoms with E-state index in [0.717, 1.165) is 29.0 Å². The largest absolute Gasteiger partial charge is 0.339 e. The Hall–Kier alpha value is -3.40. The fraction of sp³-hybridized carbons (Fsp3) is 0.200. The maximum absolute atomic E-state index is 13.1. The maximum Gasteiger partial charge on any atom is 0.253 e. The number of nitrogens with zero attached hydrogens (tertiary/aromatic N) is 3. The van der Waals surface area contributed by atoms with Gasteiger partial charge in [-0.3, -0.25) is 9.36 Å². The van der Waals surface area contributed by atoms with Gasteiger partial charge in [0.1, 0.15) is 5.82 Å². The molecule has 0 fully saturated rings. The molecule has 0 radical (unpaired) electrons. The highest BCUT2D eigenvalue weighted by atomic mass is 16.2. The Bertz CT molecular complexity index is 1120. The molecule has 146 valence electrons. The number of para-hydroxylation sites is 1. The highest BCUT2D eigenvalue weighted by Gasteiger charge is 2.17. The third kappa shape index (κ3) is 3.92. The molecule has 0 N–H and O–H groups in total. The summed E-state index contributed by atoms with van der Waals surface area (Å²) in [6, 6.07) is 26.3. The van der Waals surface area contributed by atoms with Crippen LogP contribution in [-0.4, -0.2) is 33.4 Å². The Kier molecular flexibility index (Phi) is 5.43. The van der Waals surface area contributed by atoms with Crippen LogP contribution in [0.15, 0.2) is 78.9 Å². The Morgan fingerprint density at radius 3 is 2.34 bits per heavy atom. The molecule has 3 aromatic carbocycles. The smallest absolute Gasteiger partial charge is 0.253 e. The summed E-state index contributed by atoms with van der Waals surface area (Å²) in [6.45, 7) is 5.40. The Labute approximate surface area is 171 Å². The average molecular weight is 383 g/mol. The molecule has 0 saturated carbocycles. The number of hydrogen-bond donors (Lipinski definition) is 0. The number of amides is 1. The third-order valence-corrected chi connectivity index (χ3v) is 5.27. The van der Waals surface area contributed by atoms with Crippen LogP contribution >= 0.6 is 0 Å². The molecule has 1 aromatic heterocycles. The minimum Gasteiger partial charge on any atom is -0.339 e. The highest BCUT2D eigenvalue weighted by molar-refractivity contribution is 5.97. The first kappa shape index (κ1) is 18.9. The van der Waals surface area contributed by atoms with E-state index >= 15 is 0 Å². The van der Waals surface area contributed by atoms with E-state index in [9.17, 15) is 4.79 Å². The monoisotopic (exact) mass is 383 g/mol. The van der Waals surface area contributed by atoms with Crippen LogP contribution in [0.25, 0.3) is 16.7 Å². The number of fused-ring (bicyclic) bond motifs is 1. The molecule has 0 unspecified atom stereocenters. The van der Waals surface area contributed by atoms with Crippen molar-refractivity contribution >= 4 is 16.9 Å². The van der Waals surface area contributed by atoms with E-state index in [0.29, 0.717) is 18.7 Å². The molecule has 4 heteroatoms. The van der Waals surface area contributed by atoms with E-state index in [1.165, 1.54) is 5.56 Å². The van der Waals surface area contributed by atoms with Crippen LogP contribution in [0, 0.1) is 6.92 Å². The SMILES string of the molecule is CCN(CCc1ccccc1)C(=O)c1ccc2c(c1)nc(C)n2-c1ccccc1. The number of imidazole rings is 1. The maximum atomic E-state index is 13.1. The minimum absolute atomic E-state index is 0.0530. The molecule has 29 heavy (non-hydrogen) atoms. The number of hydrogen-bond acceptors (Lipinski definition) is 2. The summed E-state index contributed by atoms with van der Waals surface area (Å²) < 4.78 is 2.12. The fourth-order valence-corrected chi connectivity index (χ4v) is 3.73. The van der Waals surface area contributed by atoms with Gasteiger partial charge < -0.3 is 4.90 Å². The van der Waals surface area contributed by atoms with Crippen molar-refractivity contribution in [2.24, 2.45) is 0 Å². The topological polar surface area (TPSA) is 38.1 Å². The molecule has 0 atom stereocenters. The van der Waals surface area contributed by atoms with Crippen LogP contribution in [-0.2, 0) is 6.42 Å². The summed E-state index contributed by atoms with van der Waals surface area (Å²) in [6.07, 6.45) is 0.852. The zero-order chi connectivity index (χ0) is 20.2. The van der Waals surface area contributed by atoms with Gasteiger partial charge in [0.05, 0.1) is 11.0 Å². The molecule has 0 spiro atoms. The number of benzene rings is 3. The summed E-state index contributed by atoms with van der Waals surface area (Å²) in [7, 11) is 0. The standard InChI is InChI=1S/C25H25N3O/c1-3-27(17-16-20-10-6-4-7-11-20)25(29)21-14-15-24-23(18-21)26-19(2)28(24)22-12-8-5-9-13-22/h4-15,18H,3,16-17H2,1-2H3. The molecular weight excluding hydrogens is 358 g/mol. The van der Waals surface area contributed by atoms with Crippen molar-refractivity contribution < 1.29 is 4.79 Å². The summed E-state index contributed by atoms with van der Waals surface area (Å²) in [5.41, 5.74) is 4.86. The van der Waals surface area contributed by atoms with Crippen molar-refractivity contribution in [1.82, 2.24) is 14.5 Å². The van der Waals surface area contributed by atoms with Gasteiger partial charge in [-0.25, -0.2) is 4.98 Å². The van der Waals surface area contributed by atoms with E-state index in [-0.39, 0.29) is 5.91 Å². The molecule has 4 rings (SSSR count). The van der Waals surface area contributed by atoms with Crippen LogP contribution in [0.3, 0.4) is 0 Å². The van der Waals surface area contributed by atoms with Gasteiger partial charge in [-0.05, 0) is 56.2 Å². The molecule has 0 saturated heterocycles. The first-order chi connectivity index (χ1) is 14.2. The van der Waals surface area contributed by atoms with Crippen molar-refractivity contribution in [3.63, 3.8) is 0 Å². The number of aryl methyl sites for hydroxylation is 1. The van der Waals surface area contributed by atoms with Crippen molar-refractivity contribution in [3.8, 4) is 5.69 Å². The normalized spacial score (nSPS) is 11.0. The average Bonchev–Trinajstić information content (AvgIpc) is 3.10. The zero-order valence-electron chi connectivity index (χ0n) is 16.9. The second-order valence-electron chi connectivity index (χ2n) is 7.15. The lowest BCUT2D eigenvalue weighted by molar-refractivity contribution is 0.0766. The number of aromatic nitrogens is 2. The molecule has 4 nitrogen and oxygen atoms in total. The van der Waals surface area contributed by atoms with Crippen molar-refractivity contribution in [2.45, 2.75) is 20.3 Å². The molecule has 0 aliphatic carbocycles. The van der Waals surface area contributed by atoms with Gasteiger partial charge in [0.2, 0.25) is 0 Å². The number of likely N-dealkylation sites (N-methyl/N-ethyl adjacent to an activating group) is 1. The molecule has 1 amide bonds. The lowest BCUT2D eigenvalue weighted by Crippen LogP contribution is -2.32. The summed E-state index contributed by atoms with van der Waals surface area (Å²) in [5.74, 6) is 0.962. The van der Waals surface area contributed by atoms with E-state index in [1.54, 1.807) is 0 Å². The van der Waals surface area contributed by atoms with Crippen LogP contribution in [0.5, 0.6) is 0 Å². The quantitative estimate of drug-likeness (QED) is 0.468. The van der Waals surface area contributed by atoms with Crippen molar-refractivity contribution in [1.29, 1.82) is 0 Å². The molecule has 4 aromatic rings. The summed E-state index contributed by atoms with van der Waals surface area (Å²) in [4.78, 5) is 19.7. The Morgan fingerprint density at radius 1 is 0.966 bits per heavy atom. The van der Waals surface area contributed by atoms with Gasteiger partial charge in [-0.2, -0.15) is 0 Å². The third-order valence-electron chi connectivity index (χ3n) is 5.27. The lowest BCUT2D eigenvalue weighted by atomic mass is 10.1. The van der Waals surface area contributed by atoms with E-state index in [2.05, 4.69) is 28.8 Å². The lowest BCUT2D eigenvalue weighted by Gasteiger charge is -2.21. The number of carbonyl (C=O) groups is 1. The van der Waals surface area contributed by atoms with E-state index in [1.807, 2.05) is 73.3 Å². The molecule has 0 aliphatic rings. The van der Waals surface area contributed by atoms with Crippen LogP contribution in [0.1, 0.15) is 28.7 Å². The van der Waals surface area contributed by atoms with E-state index in [4.69, 9.17) is 4.98 Å². The van der Waals surface area contributed by atoms with Gasteiger partial charge in [0.15, 0.2) is 0 Å². The number of carbonyl (C=O) groups excluding carboxylic acids is 1. The molecule has 0 aliphatic heterocycles. The van der Waals surface area contributed by atoms with Crippen LogP contribution < -0.4 is 0 Å². The first-order valence-corrected chi connectivity index (χ1v) is 10.0. The van der Waals surface area contributed by atoms with Crippen LogP contribution in [0.2, 0.25) is 0 Å². The van der Waals surface area contributed by atoms with Crippen molar-refractivity contribution in [2.75, 3.05) is 13.1 Å². The Morgan fingerprint density at radius 2 is 1.66 bits per heavy atom. The van der Waals surface area contributed by atoms with Crippen molar-refractivity contribution in [3.05, 3.63) is 95.8 Å². The summed E-state index contributed by atoms with van der Waals surface area (Å²) >= 11 is 0. The second-order valence-corrected chi connectivity index (χ2v) is 7.15. The van der Waals surface area contributed by atoms with Gasteiger partial charge in [0, 0.05) is 24.3 Å². The highest BCUT2D eigenvalue weighted by Crippen LogP contribution is 2.23. The van der Waals surface area contributed by atoms with Gasteiger partial charge in [-0.1, -0.05) is 48.5 Å². The zero-order valence-corrected chi connectivity index (χ0v) is 16.9. The second kappa shape index (κ2) is 8.31. The van der Waals surface area contributed by atoms with Gasteiger partial charge in [-0.15, -0.1) is 0 Å². The predicted molar refractivity (Wildman–Crippen MR) is 118 cm³/mol. The molecular formula is C25H25N3O. The molecule has 0 bridgehead atoms. The summed E-state index contributed by atoms with van der Waals surface area (Å²) in [5, 5.41) is 0. The number of rotatable bonds is 6. The first-order valence-electron chi connectivity index (χ1n) is 10.0. The predicted octanol–water partition coefficient (Wildman–Crippen LogP) is 5.04. The van der Waals surface area contributed by atoms with E-state index < -0.39 is 0 Å². The fourth-order valence-electron chi connectivity index (χ4n) is 3.73. The van der Waals surface area contributed by atoms with Crippen LogP contribution in [0.4, 0.5) is 0 Å². The minimum atomic E-state index is 0.0530.